The molecule has 0 bridgehead atoms. The quantitative estimate of drug-likeness (QED) is 0.499. The second-order valence-electron chi connectivity index (χ2n) is 7.40. The molecule has 1 aliphatic rings. The number of alkyl halides is 1. The standard InChI is InChI=1S/C23H20FN3O7/c24-16-18(34-23(31)14-9-5-2-6-10-14)15(11-32-22(30)13-7-3-1-4-8-13)33-20(16)27-12-26-17(19(27)25)21(28)29/h1-10,12,15-16,18,20H,11,25H2,(H,28,29)/t15-,16+,18-,20-/m1/s1. The van der Waals surface area contributed by atoms with Crippen molar-refractivity contribution in [1.82, 2.24) is 9.55 Å². The molecule has 176 valence electrons. The summed E-state index contributed by atoms with van der Waals surface area (Å²) in [6.07, 6.45) is -5.09. The van der Waals surface area contributed by atoms with Gasteiger partial charge in [0.1, 0.15) is 18.5 Å². The maximum Gasteiger partial charge on any atom is 0.358 e. The van der Waals surface area contributed by atoms with Gasteiger partial charge in [0.25, 0.3) is 0 Å². The lowest BCUT2D eigenvalue weighted by atomic mass is 10.1. The largest absolute Gasteiger partial charge is 0.476 e. The fraction of sp³-hybridized carbons (Fsp3) is 0.217. The molecule has 0 aliphatic carbocycles. The summed E-state index contributed by atoms with van der Waals surface area (Å²) < 4.78 is 32.8. The number of aromatic carboxylic acids is 1. The van der Waals surface area contributed by atoms with Crippen LogP contribution in [-0.2, 0) is 14.2 Å². The third-order valence-corrected chi connectivity index (χ3v) is 5.22. The molecule has 2 heterocycles. The highest BCUT2D eigenvalue weighted by Crippen LogP contribution is 2.36. The summed E-state index contributed by atoms with van der Waals surface area (Å²) in [4.78, 5) is 39.8. The Kier molecular flexibility index (Phi) is 6.55. The first kappa shape index (κ1) is 22.9. The van der Waals surface area contributed by atoms with Crippen LogP contribution in [0.15, 0.2) is 67.0 Å². The highest BCUT2D eigenvalue weighted by molar-refractivity contribution is 5.91. The van der Waals surface area contributed by atoms with E-state index in [9.17, 15) is 19.5 Å². The number of aromatic nitrogens is 2. The molecule has 1 fully saturated rings. The van der Waals surface area contributed by atoms with Gasteiger partial charge in [-0.3, -0.25) is 4.57 Å². The van der Waals surface area contributed by atoms with Gasteiger partial charge in [0, 0.05) is 0 Å². The van der Waals surface area contributed by atoms with Gasteiger partial charge in [-0.2, -0.15) is 0 Å². The van der Waals surface area contributed by atoms with Crippen molar-refractivity contribution in [2.75, 3.05) is 12.3 Å². The molecule has 0 spiro atoms. The zero-order chi connectivity index (χ0) is 24.2. The summed E-state index contributed by atoms with van der Waals surface area (Å²) in [6, 6.07) is 16.1. The summed E-state index contributed by atoms with van der Waals surface area (Å²) in [7, 11) is 0. The van der Waals surface area contributed by atoms with Crippen LogP contribution in [0, 0.1) is 0 Å². The Morgan fingerprint density at radius 3 is 2.18 bits per heavy atom. The number of nitrogen functional groups attached to an aromatic ring is 1. The monoisotopic (exact) mass is 469 g/mol. The summed E-state index contributed by atoms with van der Waals surface area (Å²) in [5, 5.41) is 9.17. The number of hydrogen-bond acceptors (Lipinski definition) is 8. The van der Waals surface area contributed by atoms with E-state index in [1.54, 1.807) is 48.5 Å². The molecular formula is C23H20FN3O7. The van der Waals surface area contributed by atoms with Crippen LogP contribution in [0.1, 0.15) is 37.4 Å². The van der Waals surface area contributed by atoms with Gasteiger partial charge >= 0.3 is 17.9 Å². The molecule has 34 heavy (non-hydrogen) atoms. The van der Waals surface area contributed by atoms with Crippen molar-refractivity contribution in [2.24, 2.45) is 0 Å². The van der Waals surface area contributed by atoms with Gasteiger partial charge in [-0.1, -0.05) is 36.4 Å². The van der Waals surface area contributed by atoms with E-state index >= 15 is 4.39 Å². The van der Waals surface area contributed by atoms with Gasteiger partial charge in [-0.25, -0.2) is 23.8 Å². The normalized spacial score (nSPS) is 21.7. The average Bonchev–Trinajstić information content (AvgIpc) is 3.38. The van der Waals surface area contributed by atoms with Crippen LogP contribution in [0.25, 0.3) is 0 Å². The van der Waals surface area contributed by atoms with Crippen molar-refractivity contribution in [1.29, 1.82) is 0 Å². The van der Waals surface area contributed by atoms with E-state index in [2.05, 4.69) is 4.98 Å². The lowest BCUT2D eigenvalue weighted by molar-refractivity contribution is -0.0574. The van der Waals surface area contributed by atoms with E-state index in [-0.39, 0.29) is 16.9 Å². The predicted octanol–water partition coefficient (Wildman–Crippen LogP) is 2.48. The van der Waals surface area contributed by atoms with Crippen LogP contribution in [0.3, 0.4) is 0 Å². The lowest BCUT2D eigenvalue weighted by Gasteiger charge is -2.19. The second-order valence-corrected chi connectivity index (χ2v) is 7.40. The number of imidazole rings is 1. The van der Waals surface area contributed by atoms with Crippen LogP contribution in [0.5, 0.6) is 0 Å². The first-order valence-electron chi connectivity index (χ1n) is 10.2. The molecule has 1 aliphatic heterocycles. The molecule has 0 amide bonds. The van der Waals surface area contributed by atoms with Gasteiger partial charge in [0.15, 0.2) is 24.2 Å². The molecule has 2 aromatic carbocycles. The van der Waals surface area contributed by atoms with Crippen LogP contribution in [0.4, 0.5) is 10.2 Å². The van der Waals surface area contributed by atoms with E-state index in [1.165, 1.54) is 12.1 Å². The molecule has 4 rings (SSSR count). The molecule has 1 saturated heterocycles. The minimum absolute atomic E-state index is 0.188. The number of nitrogens with two attached hydrogens (primary N) is 1. The molecule has 3 aromatic rings. The minimum atomic E-state index is -1.97. The number of carboxylic acids is 1. The number of hydrogen-bond donors (Lipinski definition) is 2. The van der Waals surface area contributed by atoms with Gasteiger partial charge in [-0.05, 0) is 24.3 Å². The van der Waals surface area contributed by atoms with Crippen molar-refractivity contribution in [3.05, 3.63) is 83.8 Å². The number of carbonyl (C=O) groups excluding carboxylic acids is 2. The first-order chi connectivity index (χ1) is 16.4. The van der Waals surface area contributed by atoms with Gasteiger partial charge in [-0.15, -0.1) is 0 Å². The average molecular weight is 469 g/mol. The topological polar surface area (TPSA) is 143 Å². The van der Waals surface area contributed by atoms with Crippen molar-refractivity contribution in [2.45, 2.75) is 24.6 Å². The number of esters is 2. The van der Waals surface area contributed by atoms with E-state index in [0.717, 1.165) is 10.9 Å². The number of halogens is 1. The molecule has 4 atom stereocenters. The predicted molar refractivity (Wildman–Crippen MR) is 115 cm³/mol. The number of ether oxygens (including phenoxy) is 3. The van der Waals surface area contributed by atoms with Crippen molar-refractivity contribution >= 4 is 23.7 Å². The first-order valence-corrected chi connectivity index (χ1v) is 10.2. The number of anilines is 1. The number of nitrogens with zero attached hydrogens (tertiary/aromatic N) is 2. The third-order valence-electron chi connectivity index (χ3n) is 5.22. The van der Waals surface area contributed by atoms with Crippen molar-refractivity contribution in [3.8, 4) is 0 Å². The number of carbonyl (C=O) groups is 3. The highest BCUT2D eigenvalue weighted by Gasteiger charge is 2.50. The minimum Gasteiger partial charge on any atom is -0.476 e. The summed E-state index contributed by atoms with van der Waals surface area (Å²) in [5.74, 6) is -3.21. The Morgan fingerprint density at radius 1 is 1.03 bits per heavy atom. The van der Waals surface area contributed by atoms with Crippen LogP contribution >= 0.6 is 0 Å². The SMILES string of the molecule is Nc1c(C(=O)O)ncn1[C@@H]1O[C@H](COC(=O)c2ccccc2)[C@@H](OC(=O)c2ccccc2)[C@@H]1F. The maximum absolute atomic E-state index is 15.5. The fourth-order valence-corrected chi connectivity index (χ4v) is 3.51. The Hall–Kier alpha value is -4.25. The van der Waals surface area contributed by atoms with Crippen LogP contribution in [0.2, 0.25) is 0 Å². The van der Waals surface area contributed by atoms with Crippen molar-refractivity contribution < 1.29 is 38.1 Å². The molecule has 0 unspecified atom stereocenters. The Bertz CT molecular complexity index is 1190. The summed E-state index contributed by atoms with van der Waals surface area (Å²) in [6.45, 7) is -0.433. The van der Waals surface area contributed by atoms with E-state index in [1.807, 2.05) is 0 Å². The smallest absolute Gasteiger partial charge is 0.358 e. The molecular weight excluding hydrogens is 449 g/mol. The highest BCUT2D eigenvalue weighted by atomic mass is 19.1. The Labute approximate surface area is 192 Å². The lowest BCUT2D eigenvalue weighted by Crippen LogP contribution is -2.37. The Balaban J connectivity index is 1.56. The van der Waals surface area contributed by atoms with Gasteiger partial charge in [0.05, 0.1) is 17.5 Å². The second kappa shape index (κ2) is 9.71. The zero-order valence-corrected chi connectivity index (χ0v) is 17.6. The summed E-state index contributed by atoms with van der Waals surface area (Å²) in [5.41, 5.74) is 5.79. The van der Waals surface area contributed by atoms with Gasteiger partial charge in [0.2, 0.25) is 0 Å². The summed E-state index contributed by atoms with van der Waals surface area (Å²) >= 11 is 0. The van der Waals surface area contributed by atoms with E-state index in [0.29, 0.717) is 0 Å². The molecule has 0 saturated carbocycles. The number of benzene rings is 2. The molecule has 3 N–H and O–H groups in total. The van der Waals surface area contributed by atoms with Crippen molar-refractivity contribution in [3.63, 3.8) is 0 Å². The number of rotatable bonds is 7. The Morgan fingerprint density at radius 2 is 1.62 bits per heavy atom. The van der Waals surface area contributed by atoms with E-state index in [4.69, 9.17) is 19.9 Å². The maximum atomic E-state index is 15.5. The van der Waals surface area contributed by atoms with Crippen LogP contribution < -0.4 is 5.73 Å². The number of carboxylic acid groups (broad SMARTS) is 1. The van der Waals surface area contributed by atoms with Gasteiger partial charge < -0.3 is 25.1 Å². The third kappa shape index (κ3) is 4.59. The molecule has 11 heteroatoms. The molecule has 0 radical (unpaired) electrons. The zero-order valence-electron chi connectivity index (χ0n) is 17.6. The van der Waals surface area contributed by atoms with Crippen LogP contribution in [-0.4, -0.2) is 57.6 Å². The molecule has 1 aromatic heterocycles. The fourth-order valence-electron chi connectivity index (χ4n) is 3.51. The molecule has 10 nitrogen and oxygen atoms in total. The van der Waals surface area contributed by atoms with E-state index < -0.39 is 54.8 Å².